The number of primary amides is 1. The fraction of sp³-hybridized carbons (Fsp3) is 0.211. The SMILES string of the molecule is CC(O)Cn1c(SCc2ccc(C(N)=O)cc2)nc2cc(Cl)ccc2c1=O. The second-order valence-electron chi connectivity index (χ2n) is 6.17. The quantitative estimate of drug-likeness (QED) is 0.487. The van der Waals surface area contributed by atoms with E-state index in [9.17, 15) is 14.7 Å². The van der Waals surface area contributed by atoms with Crippen molar-refractivity contribution in [3.63, 3.8) is 0 Å². The summed E-state index contributed by atoms with van der Waals surface area (Å²) in [4.78, 5) is 28.6. The van der Waals surface area contributed by atoms with E-state index >= 15 is 0 Å². The highest BCUT2D eigenvalue weighted by molar-refractivity contribution is 7.98. The molecule has 1 amide bonds. The molecule has 0 aliphatic rings. The Morgan fingerprint density at radius 3 is 2.63 bits per heavy atom. The minimum absolute atomic E-state index is 0.146. The van der Waals surface area contributed by atoms with Gasteiger partial charge < -0.3 is 10.8 Å². The Kier molecular flexibility index (Phi) is 5.84. The fourth-order valence-electron chi connectivity index (χ4n) is 2.62. The van der Waals surface area contributed by atoms with E-state index < -0.39 is 12.0 Å². The van der Waals surface area contributed by atoms with Crippen molar-refractivity contribution in [3.8, 4) is 0 Å². The zero-order valence-electron chi connectivity index (χ0n) is 14.6. The number of nitrogens with two attached hydrogens (primary N) is 1. The molecule has 0 bridgehead atoms. The summed E-state index contributed by atoms with van der Waals surface area (Å²) < 4.78 is 1.48. The Hall–Kier alpha value is -2.35. The molecule has 0 saturated carbocycles. The van der Waals surface area contributed by atoms with Crippen LogP contribution in [0.3, 0.4) is 0 Å². The van der Waals surface area contributed by atoms with E-state index in [2.05, 4.69) is 4.98 Å². The van der Waals surface area contributed by atoms with E-state index in [-0.39, 0.29) is 12.1 Å². The van der Waals surface area contributed by atoms with Gasteiger partial charge in [-0.05, 0) is 42.8 Å². The lowest BCUT2D eigenvalue weighted by atomic mass is 10.1. The van der Waals surface area contributed by atoms with Crippen molar-refractivity contribution >= 4 is 40.2 Å². The van der Waals surface area contributed by atoms with Gasteiger partial charge in [-0.25, -0.2) is 4.98 Å². The highest BCUT2D eigenvalue weighted by Crippen LogP contribution is 2.24. The first-order chi connectivity index (χ1) is 12.8. The zero-order valence-corrected chi connectivity index (χ0v) is 16.1. The molecule has 3 N–H and O–H groups in total. The Morgan fingerprint density at radius 2 is 2.00 bits per heavy atom. The van der Waals surface area contributed by atoms with Crippen LogP contribution in [-0.2, 0) is 12.3 Å². The molecule has 0 spiro atoms. The highest BCUT2D eigenvalue weighted by atomic mass is 35.5. The normalized spacial score (nSPS) is 12.3. The number of carbonyl (C=O) groups is 1. The van der Waals surface area contributed by atoms with Gasteiger partial charge in [0.1, 0.15) is 0 Å². The van der Waals surface area contributed by atoms with Gasteiger partial charge in [0.15, 0.2) is 5.16 Å². The predicted molar refractivity (Wildman–Crippen MR) is 107 cm³/mol. The van der Waals surface area contributed by atoms with Crippen LogP contribution in [0, 0.1) is 0 Å². The van der Waals surface area contributed by atoms with Crippen LogP contribution in [0.2, 0.25) is 5.02 Å². The summed E-state index contributed by atoms with van der Waals surface area (Å²) in [6.07, 6.45) is -0.691. The second kappa shape index (κ2) is 8.12. The molecule has 3 rings (SSSR count). The molecular formula is C19H18ClN3O3S. The molecule has 0 aliphatic heterocycles. The second-order valence-corrected chi connectivity index (χ2v) is 7.55. The van der Waals surface area contributed by atoms with E-state index in [0.29, 0.717) is 32.4 Å². The minimum atomic E-state index is -0.691. The van der Waals surface area contributed by atoms with Crippen LogP contribution in [0.25, 0.3) is 10.9 Å². The molecule has 1 atom stereocenters. The van der Waals surface area contributed by atoms with E-state index in [1.165, 1.54) is 16.3 Å². The van der Waals surface area contributed by atoms with Crippen molar-refractivity contribution in [1.29, 1.82) is 0 Å². The summed E-state index contributed by atoms with van der Waals surface area (Å²) in [5, 5.41) is 11.2. The number of rotatable bonds is 6. The Labute approximate surface area is 165 Å². The zero-order chi connectivity index (χ0) is 19.6. The molecular weight excluding hydrogens is 386 g/mol. The van der Waals surface area contributed by atoms with Crippen LogP contribution < -0.4 is 11.3 Å². The van der Waals surface area contributed by atoms with E-state index in [0.717, 1.165) is 5.56 Å². The number of aliphatic hydroxyl groups is 1. The molecule has 0 fully saturated rings. The van der Waals surface area contributed by atoms with Crippen molar-refractivity contribution in [1.82, 2.24) is 9.55 Å². The number of aliphatic hydroxyl groups excluding tert-OH is 1. The van der Waals surface area contributed by atoms with Gasteiger partial charge in [-0.15, -0.1) is 0 Å². The summed E-state index contributed by atoms with van der Waals surface area (Å²) in [6.45, 7) is 1.77. The third-order valence-corrected chi connectivity index (χ3v) is 5.22. The number of benzene rings is 2. The highest BCUT2D eigenvalue weighted by Gasteiger charge is 2.14. The van der Waals surface area contributed by atoms with Gasteiger partial charge in [0.05, 0.1) is 23.6 Å². The summed E-state index contributed by atoms with van der Waals surface area (Å²) in [6, 6.07) is 11.9. The van der Waals surface area contributed by atoms with Crippen LogP contribution in [0.1, 0.15) is 22.8 Å². The maximum atomic E-state index is 12.8. The minimum Gasteiger partial charge on any atom is -0.392 e. The van der Waals surface area contributed by atoms with Crippen LogP contribution in [-0.4, -0.2) is 26.7 Å². The van der Waals surface area contributed by atoms with E-state index in [1.54, 1.807) is 37.3 Å². The number of fused-ring (bicyclic) bond motifs is 1. The summed E-state index contributed by atoms with van der Waals surface area (Å²) >= 11 is 7.40. The molecule has 2 aromatic carbocycles. The van der Waals surface area contributed by atoms with Gasteiger partial charge in [0.25, 0.3) is 5.56 Å². The number of carbonyl (C=O) groups excluding carboxylic acids is 1. The number of hydrogen-bond donors (Lipinski definition) is 2. The Bertz CT molecular complexity index is 1050. The number of hydrogen-bond acceptors (Lipinski definition) is 5. The molecule has 0 aliphatic carbocycles. The average Bonchev–Trinajstić information content (AvgIpc) is 2.62. The van der Waals surface area contributed by atoms with Crippen molar-refractivity contribution in [2.45, 2.75) is 30.5 Å². The molecule has 6 nitrogen and oxygen atoms in total. The molecule has 0 radical (unpaired) electrons. The average molecular weight is 404 g/mol. The molecule has 27 heavy (non-hydrogen) atoms. The topological polar surface area (TPSA) is 98.2 Å². The third-order valence-electron chi connectivity index (χ3n) is 3.94. The van der Waals surface area contributed by atoms with Gasteiger partial charge in [-0.2, -0.15) is 0 Å². The number of amides is 1. The molecule has 1 aromatic heterocycles. The number of nitrogens with zero attached hydrogens (tertiary/aromatic N) is 2. The predicted octanol–water partition coefficient (Wildman–Crippen LogP) is 2.82. The van der Waals surface area contributed by atoms with Crippen molar-refractivity contribution in [2.75, 3.05) is 0 Å². The largest absolute Gasteiger partial charge is 0.392 e. The van der Waals surface area contributed by atoms with Crippen molar-refractivity contribution < 1.29 is 9.90 Å². The number of halogens is 1. The Balaban J connectivity index is 1.96. The smallest absolute Gasteiger partial charge is 0.262 e. The van der Waals surface area contributed by atoms with Gasteiger partial charge in [0, 0.05) is 16.3 Å². The summed E-state index contributed by atoms with van der Waals surface area (Å²) in [5.74, 6) is 0.0604. The molecule has 1 unspecified atom stereocenters. The first kappa shape index (κ1) is 19.4. The summed E-state index contributed by atoms with van der Waals surface area (Å²) in [7, 11) is 0. The van der Waals surface area contributed by atoms with Crippen LogP contribution in [0.4, 0.5) is 0 Å². The fourth-order valence-corrected chi connectivity index (χ4v) is 3.75. The maximum absolute atomic E-state index is 12.8. The summed E-state index contributed by atoms with van der Waals surface area (Å²) in [5.41, 5.74) is 6.94. The number of aromatic nitrogens is 2. The van der Waals surface area contributed by atoms with Gasteiger partial charge in [-0.1, -0.05) is 35.5 Å². The van der Waals surface area contributed by atoms with Gasteiger partial charge in [-0.3, -0.25) is 14.2 Å². The third kappa shape index (κ3) is 4.50. The first-order valence-corrected chi connectivity index (χ1v) is 9.61. The molecule has 140 valence electrons. The maximum Gasteiger partial charge on any atom is 0.262 e. The lowest BCUT2D eigenvalue weighted by Gasteiger charge is -2.14. The molecule has 0 saturated heterocycles. The molecule has 3 aromatic rings. The molecule has 1 heterocycles. The van der Waals surface area contributed by atoms with E-state index in [4.69, 9.17) is 17.3 Å². The van der Waals surface area contributed by atoms with Gasteiger partial charge >= 0.3 is 0 Å². The van der Waals surface area contributed by atoms with Crippen molar-refractivity contribution in [2.24, 2.45) is 5.73 Å². The number of thioether (sulfide) groups is 1. The monoisotopic (exact) mass is 403 g/mol. The molecule has 8 heteroatoms. The van der Waals surface area contributed by atoms with Crippen molar-refractivity contribution in [3.05, 3.63) is 69.0 Å². The van der Waals surface area contributed by atoms with Crippen LogP contribution in [0.5, 0.6) is 0 Å². The lowest BCUT2D eigenvalue weighted by molar-refractivity contribution is 0.1000. The first-order valence-electron chi connectivity index (χ1n) is 8.25. The van der Waals surface area contributed by atoms with Crippen LogP contribution in [0.15, 0.2) is 52.4 Å². The van der Waals surface area contributed by atoms with Crippen LogP contribution >= 0.6 is 23.4 Å². The van der Waals surface area contributed by atoms with Gasteiger partial charge in [0.2, 0.25) is 5.91 Å². The lowest BCUT2D eigenvalue weighted by Crippen LogP contribution is -2.27. The van der Waals surface area contributed by atoms with E-state index in [1.807, 2.05) is 12.1 Å². The Morgan fingerprint density at radius 1 is 1.30 bits per heavy atom. The standard InChI is InChI=1S/C19H18ClN3O3S/c1-11(24)9-23-18(26)15-7-6-14(20)8-16(15)22-19(23)27-10-12-2-4-13(5-3-12)17(21)25/h2-8,11,24H,9-10H2,1H3,(H2,21,25).